The Kier molecular flexibility index (Phi) is 5.68. The van der Waals surface area contributed by atoms with Crippen LogP contribution in [-0.4, -0.2) is 24.4 Å². The molecule has 6 nitrogen and oxygen atoms in total. The quantitative estimate of drug-likeness (QED) is 0.591. The van der Waals surface area contributed by atoms with Crippen LogP contribution in [0.4, 0.5) is 0 Å². The van der Waals surface area contributed by atoms with Crippen molar-refractivity contribution < 1.29 is 15.7 Å². The first-order valence-electron chi connectivity index (χ1n) is 9.13. The van der Waals surface area contributed by atoms with Crippen molar-refractivity contribution in [1.82, 2.24) is 5.32 Å². The number of hydrogen-bond acceptors (Lipinski definition) is 4. The summed E-state index contributed by atoms with van der Waals surface area (Å²) in [4.78, 5) is 16.5. The molecule has 0 bridgehead atoms. The van der Waals surface area contributed by atoms with Crippen LogP contribution in [0.1, 0.15) is 36.8 Å². The fraction of sp³-hybridized carbons (Fsp3) is 0.273. The lowest BCUT2D eigenvalue weighted by molar-refractivity contribution is 0.100. The Hall–Kier alpha value is -3.28. The van der Waals surface area contributed by atoms with Crippen molar-refractivity contribution in [2.45, 2.75) is 32.5 Å². The van der Waals surface area contributed by atoms with Crippen molar-refractivity contribution in [2.24, 2.45) is 10.7 Å². The summed E-state index contributed by atoms with van der Waals surface area (Å²) in [6.45, 7) is 4.42. The molecule has 0 fully saturated rings. The van der Waals surface area contributed by atoms with Crippen LogP contribution in [0.25, 0.3) is 0 Å². The lowest BCUT2D eigenvalue weighted by Gasteiger charge is -2.16. The Labute approximate surface area is 166 Å². The molecule has 0 saturated heterocycles. The number of benzene rings is 2. The normalized spacial score (nSPS) is 15.2. The minimum absolute atomic E-state index is 0. The summed E-state index contributed by atoms with van der Waals surface area (Å²) in [5, 5.41) is 2.80. The van der Waals surface area contributed by atoms with E-state index in [0.717, 1.165) is 11.1 Å². The number of amidine groups is 1. The molecule has 0 aromatic heterocycles. The molecule has 6 heteroatoms. The maximum absolute atomic E-state index is 12.6. The molecule has 2 aromatic carbocycles. The maximum Gasteiger partial charge on any atom is 0.279 e. The highest BCUT2D eigenvalue weighted by Gasteiger charge is 2.33. The fourth-order valence-corrected chi connectivity index (χ4v) is 3.02. The molecule has 1 heterocycles. The number of hydrogen-bond donors (Lipinski definition) is 2. The summed E-state index contributed by atoms with van der Waals surface area (Å²) in [5.74, 6) is 0.958. The van der Waals surface area contributed by atoms with Gasteiger partial charge in [0.2, 0.25) is 0 Å². The highest BCUT2D eigenvalue weighted by atomic mass is 16.5. The van der Waals surface area contributed by atoms with E-state index in [4.69, 9.17) is 15.2 Å². The van der Waals surface area contributed by atoms with Crippen LogP contribution in [0.15, 0.2) is 59.7 Å². The smallest absolute Gasteiger partial charge is 0.279 e. The third-order valence-electron chi connectivity index (χ3n) is 4.29. The van der Waals surface area contributed by atoms with E-state index < -0.39 is 5.91 Å². The van der Waals surface area contributed by atoms with Gasteiger partial charge in [0, 0.05) is 26.0 Å². The van der Waals surface area contributed by atoms with Crippen molar-refractivity contribution in [3.8, 4) is 11.5 Å². The van der Waals surface area contributed by atoms with Gasteiger partial charge in [-0.1, -0.05) is 30.3 Å². The van der Waals surface area contributed by atoms with Gasteiger partial charge in [0.05, 0.1) is 0 Å². The third kappa shape index (κ3) is 4.71. The van der Waals surface area contributed by atoms with Crippen molar-refractivity contribution in [3.05, 3.63) is 71.4 Å². The predicted octanol–water partition coefficient (Wildman–Crippen LogP) is 3.46. The monoisotopic (exact) mass is 381 g/mol. The summed E-state index contributed by atoms with van der Waals surface area (Å²) in [6, 6.07) is 13.3. The van der Waals surface area contributed by atoms with Gasteiger partial charge in [-0.2, -0.15) is 4.99 Å². The molecule has 28 heavy (non-hydrogen) atoms. The molecule has 0 atom stereocenters. The van der Waals surface area contributed by atoms with Crippen LogP contribution < -0.4 is 20.5 Å². The van der Waals surface area contributed by atoms with Gasteiger partial charge in [-0.3, -0.25) is 4.79 Å². The molecule has 1 amide bonds. The van der Waals surface area contributed by atoms with Crippen LogP contribution >= 0.6 is 0 Å². The Morgan fingerprint density at radius 1 is 1.36 bits per heavy atom. The Morgan fingerprint density at radius 3 is 2.82 bits per heavy atom. The number of amides is 1. The van der Waals surface area contributed by atoms with E-state index in [1.165, 1.54) is 6.08 Å². The number of nitrogens with two attached hydrogens (primary N) is 1. The molecule has 0 radical (unpaired) electrons. The van der Waals surface area contributed by atoms with E-state index in [2.05, 4.69) is 10.3 Å². The Bertz CT molecular complexity index is 924. The summed E-state index contributed by atoms with van der Waals surface area (Å²) in [7, 11) is 1.74. The number of nitrogens with zero attached hydrogens (tertiary/aromatic N) is 1. The van der Waals surface area contributed by atoms with Crippen LogP contribution in [0, 0.1) is 0 Å². The van der Waals surface area contributed by atoms with Gasteiger partial charge in [-0.05, 0) is 43.8 Å². The minimum atomic E-state index is -0.445. The first-order valence-corrected chi connectivity index (χ1v) is 9.13. The highest BCUT2D eigenvalue weighted by Crippen LogP contribution is 2.41. The molecule has 1 aliphatic rings. The zero-order chi connectivity index (χ0) is 20.1. The van der Waals surface area contributed by atoms with Crippen molar-refractivity contribution in [3.63, 3.8) is 0 Å². The summed E-state index contributed by atoms with van der Waals surface area (Å²) < 4.78 is 12.1. The molecule has 0 unspecified atom stereocenters. The number of ether oxygens (including phenoxy) is 2. The van der Waals surface area contributed by atoms with E-state index in [1.54, 1.807) is 25.4 Å². The van der Waals surface area contributed by atoms with E-state index in [-0.39, 0.29) is 12.9 Å². The van der Waals surface area contributed by atoms with Gasteiger partial charge in [0.15, 0.2) is 0 Å². The standard InChI is InChI=1S/C22H25N3O3.H2/c1-22(2)13-17-18(27-14-15-7-5-4-6-8-15)11-16(12-19(17)28-22)21(26)25-20(23)9-10-24-3;/h4-12,24H,13-14H2,1-3H3,(H2,23,25,26);1H/b10-9-;. The second-order valence-corrected chi connectivity index (χ2v) is 7.23. The molecule has 3 rings (SSSR count). The predicted molar refractivity (Wildman–Crippen MR) is 112 cm³/mol. The second-order valence-electron chi connectivity index (χ2n) is 7.23. The summed E-state index contributed by atoms with van der Waals surface area (Å²) in [6.07, 6.45) is 3.84. The summed E-state index contributed by atoms with van der Waals surface area (Å²) in [5.41, 5.74) is 7.80. The van der Waals surface area contributed by atoms with Crippen LogP contribution in [0.3, 0.4) is 0 Å². The van der Waals surface area contributed by atoms with Crippen LogP contribution in [0.2, 0.25) is 0 Å². The Balaban J connectivity index is 0.00000300. The summed E-state index contributed by atoms with van der Waals surface area (Å²) >= 11 is 0. The van der Waals surface area contributed by atoms with E-state index in [9.17, 15) is 4.79 Å². The lowest BCUT2D eigenvalue weighted by atomic mass is 9.99. The molecule has 148 valence electrons. The fourth-order valence-electron chi connectivity index (χ4n) is 3.02. The minimum Gasteiger partial charge on any atom is -0.488 e. The molecule has 0 aliphatic carbocycles. The first-order chi connectivity index (χ1) is 13.4. The molecular formula is C22H27N3O3. The number of carbonyl (C=O) groups is 1. The molecule has 3 N–H and O–H groups in total. The molecule has 0 spiro atoms. The number of fused-ring (bicyclic) bond motifs is 1. The van der Waals surface area contributed by atoms with E-state index in [1.807, 2.05) is 44.2 Å². The number of carbonyl (C=O) groups excluding carboxylic acids is 1. The van der Waals surface area contributed by atoms with Gasteiger partial charge < -0.3 is 20.5 Å². The number of aliphatic imine (C=N–C) groups is 1. The molecule has 1 aliphatic heterocycles. The first kappa shape index (κ1) is 19.5. The SMILES string of the molecule is CN/C=C\C(N)=NC(=O)c1cc(OCc2ccccc2)c2c(c1)OC(C)(C)C2.[HH]. The highest BCUT2D eigenvalue weighted by molar-refractivity contribution is 6.06. The average molecular weight is 381 g/mol. The van der Waals surface area contributed by atoms with Crippen LogP contribution in [0.5, 0.6) is 11.5 Å². The van der Waals surface area contributed by atoms with Crippen molar-refractivity contribution in [2.75, 3.05) is 7.05 Å². The molecule has 0 saturated carbocycles. The zero-order valence-corrected chi connectivity index (χ0v) is 16.4. The van der Waals surface area contributed by atoms with E-state index in [0.29, 0.717) is 30.1 Å². The van der Waals surface area contributed by atoms with Gasteiger partial charge in [0.1, 0.15) is 29.5 Å². The van der Waals surface area contributed by atoms with Crippen molar-refractivity contribution in [1.29, 1.82) is 0 Å². The van der Waals surface area contributed by atoms with Crippen LogP contribution in [-0.2, 0) is 13.0 Å². The number of rotatable bonds is 6. The van der Waals surface area contributed by atoms with Gasteiger partial charge >= 0.3 is 0 Å². The zero-order valence-electron chi connectivity index (χ0n) is 16.4. The lowest BCUT2D eigenvalue weighted by Crippen LogP contribution is -2.24. The topological polar surface area (TPSA) is 85.9 Å². The van der Waals surface area contributed by atoms with E-state index >= 15 is 0 Å². The van der Waals surface area contributed by atoms with Gasteiger partial charge in [-0.15, -0.1) is 0 Å². The number of nitrogens with one attached hydrogen (secondary N) is 1. The van der Waals surface area contributed by atoms with Gasteiger partial charge in [-0.25, -0.2) is 0 Å². The average Bonchev–Trinajstić information content (AvgIpc) is 2.99. The van der Waals surface area contributed by atoms with Crippen molar-refractivity contribution >= 4 is 11.7 Å². The Morgan fingerprint density at radius 2 is 2.11 bits per heavy atom. The second kappa shape index (κ2) is 8.17. The largest absolute Gasteiger partial charge is 0.488 e. The molecular weight excluding hydrogens is 354 g/mol. The van der Waals surface area contributed by atoms with Gasteiger partial charge in [0.25, 0.3) is 5.91 Å². The molecule has 2 aromatic rings. The third-order valence-corrected chi connectivity index (χ3v) is 4.29. The maximum atomic E-state index is 12.6.